The molecule has 90 valence electrons. The molecule has 0 saturated carbocycles. The maximum Gasteiger partial charge on any atom is 0.194 e. The van der Waals surface area contributed by atoms with Crippen molar-refractivity contribution in [3.05, 3.63) is 35.1 Å². The zero-order valence-electron chi connectivity index (χ0n) is 9.52. The first-order valence-electron chi connectivity index (χ1n) is 5.07. The highest BCUT2D eigenvalue weighted by molar-refractivity contribution is 5.27. The summed E-state index contributed by atoms with van der Waals surface area (Å²) >= 11 is 0. The third kappa shape index (κ3) is 2.55. The maximum atomic E-state index is 13.5. The van der Waals surface area contributed by atoms with Crippen LogP contribution in [0.2, 0.25) is 0 Å². The minimum atomic E-state index is -1.46. The first kappa shape index (κ1) is 13.0. The molecule has 0 heterocycles. The molecule has 4 heteroatoms. The Bertz CT molecular complexity index is 386. The molecule has 0 aliphatic heterocycles. The number of aliphatic hydroxyl groups excluding tert-OH is 1. The van der Waals surface area contributed by atoms with Gasteiger partial charge in [-0.2, -0.15) is 0 Å². The molecule has 1 aromatic rings. The third-order valence-electron chi connectivity index (χ3n) is 2.57. The fraction of sp³-hybridized carbons (Fsp3) is 0.500. The van der Waals surface area contributed by atoms with Gasteiger partial charge in [0.1, 0.15) is 0 Å². The second-order valence-electron chi connectivity index (χ2n) is 4.66. The predicted octanol–water partition coefficient (Wildman–Crippen LogP) is 3.15. The Kier molecular flexibility index (Phi) is 3.63. The number of hydrogen-bond acceptors (Lipinski definition) is 1. The quantitative estimate of drug-likeness (QED) is 0.794. The normalized spacial score (nSPS) is 13.9. The Balaban J connectivity index is 3.18. The van der Waals surface area contributed by atoms with Crippen molar-refractivity contribution in [2.75, 3.05) is 0 Å². The molecule has 1 nitrogen and oxygen atoms in total. The minimum Gasteiger partial charge on any atom is -0.393 e. The van der Waals surface area contributed by atoms with Crippen LogP contribution in [0.5, 0.6) is 0 Å². The standard InChI is InChI=1S/C12H15F3O/c1-7(16)6-12(2,3)8-4-5-9(13)11(15)10(8)14/h4-5,7,16H,6H2,1-3H3. The topological polar surface area (TPSA) is 20.2 Å². The lowest BCUT2D eigenvalue weighted by atomic mass is 9.79. The molecule has 1 N–H and O–H groups in total. The van der Waals surface area contributed by atoms with Crippen LogP contribution in [0, 0.1) is 17.5 Å². The highest BCUT2D eigenvalue weighted by Gasteiger charge is 2.28. The Labute approximate surface area is 92.9 Å². The first-order chi connectivity index (χ1) is 7.25. The molecule has 0 aromatic heterocycles. The van der Waals surface area contributed by atoms with E-state index in [9.17, 15) is 18.3 Å². The van der Waals surface area contributed by atoms with Gasteiger partial charge in [-0.1, -0.05) is 19.9 Å². The van der Waals surface area contributed by atoms with Crippen LogP contribution in [0.4, 0.5) is 13.2 Å². The van der Waals surface area contributed by atoms with E-state index in [-0.39, 0.29) is 12.0 Å². The average molecular weight is 232 g/mol. The van der Waals surface area contributed by atoms with E-state index in [1.54, 1.807) is 20.8 Å². The third-order valence-corrected chi connectivity index (χ3v) is 2.57. The molecular formula is C12H15F3O. The summed E-state index contributed by atoms with van der Waals surface area (Å²) in [5, 5.41) is 9.27. The summed E-state index contributed by atoms with van der Waals surface area (Å²) in [6.45, 7) is 4.92. The van der Waals surface area contributed by atoms with Crippen LogP contribution in [0.1, 0.15) is 32.8 Å². The van der Waals surface area contributed by atoms with Crippen LogP contribution in [0.25, 0.3) is 0 Å². The molecule has 0 aliphatic carbocycles. The van der Waals surface area contributed by atoms with Crippen LogP contribution in [-0.2, 0) is 5.41 Å². The van der Waals surface area contributed by atoms with Crippen LogP contribution >= 0.6 is 0 Å². The number of benzene rings is 1. The summed E-state index contributed by atoms with van der Waals surface area (Å²) in [6, 6.07) is 2.12. The van der Waals surface area contributed by atoms with Crippen molar-refractivity contribution >= 4 is 0 Å². The summed E-state index contributed by atoms with van der Waals surface area (Å²) in [5.41, 5.74) is -0.667. The van der Waals surface area contributed by atoms with Gasteiger partial charge in [-0.3, -0.25) is 0 Å². The molecule has 0 aliphatic rings. The van der Waals surface area contributed by atoms with Crippen LogP contribution in [0.3, 0.4) is 0 Å². The number of aliphatic hydroxyl groups is 1. The summed E-state index contributed by atoms with van der Waals surface area (Å²) in [4.78, 5) is 0. The van der Waals surface area contributed by atoms with Gasteiger partial charge in [0.25, 0.3) is 0 Å². The minimum absolute atomic E-state index is 0.0762. The predicted molar refractivity (Wildman–Crippen MR) is 55.6 cm³/mol. The van der Waals surface area contributed by atoms with Crippen LogP contribution < -0.4 is 0 Å². The van der Waals surface area contributed by atoms with Gasteiger partial charge in [0.15, 0.2) is 17.5 Å². The second kappa shape index (κ2) is 4.45. The van der Waals surface area contributed by atoms with Gasteiger partial charge in [-0.15, -0.1) is 0 Å². The van der Waals surface area contributed by atoms with E-state index in [1.807, 2.05) is 0 Å². The number of hydrogen-bond donors (Lipinski definition) is 1. The van der Waals surface area contributed by atoms with E-state index in [4.69, 9.17) is 0 Å². The van der Waals surface area contributed by atoms with Gasteiger partial charge < -0.3 is 5.11 Å². The van der Waals surface area contributed by atoms with Crippen molar-refractivity contribution in [1.82, 2.24) is 0 Å². The lowest BCUT2D eigenvalue weighted by Gasteiger charge is -2.27. The molecule has 1 atom stereocenters. The second-order valence-corrected chi connectivity index (χ2v) is 4.66. The van der Waals surface area contributed by atoms with Crippen molar-refractivity contribution in [3.63, 3.8) is 0 Å². The van der Waals surface area contributed by atoms with Gasteiger partial charge >= 0.3 is 0 Å². The van der Waals surface area contributed by atoms with Gasteiger partial charge in [0.2, 0.25) is 0 Å². The maximum absolute atomic E-state index is 13.5. The summed E-state index contributed by atoms with van der Waals surface area (Å²) in [5.74, 6) is -3.84. The molecule has 1 unspecified atom stereocenters. The highest BCUT2D eigenvalue weighted by atomic mass is 19.2. The summed E-state index contributed by atoms with van der Waals surface area (Å²) < 4.78 is 39.3. The monoisotopic (exact) mass is 232 g/mol. The SMILES string of the molecule is CC(O)CC(C)(C)c1ccc(F)c(F)c1F. The largest absolute Gasteiger partial charge is 0.393 e. The fourth-order valence-corrected chi connectivity index (χ4v) is 1.90. The first-order valence-corrected chi connectivity index (χ1v) is 5.07. The molecule has 0 bridgehead atoms. The lowest BCUT2D eigenvalue weighted by Crippen LogP contribution is -2.25. The number of halogens is 3. The smallest absolute Gasteiger partial charge is 0.194 e. The van der Waals surface area contributed by atoms with E-state index in [2.05, 4.69) is 0 Å². The fourth-order valence-electron chi connectivity index (χ4n) is 1.90. The summed E-state index contributed by atoms with van der Waals surface area (Å²) in [6.07, 6.45) is -0.364. The highest BCUT2D eigenvalue weighted by Crippen LogP contribution is 2.31. The lowest BCUT2D eigenvalue weighted by molar-refractivity contribution is 0.155. The van der Waals surface area contributed by atoms with E-state index >= 15 is 0 Å². The Morgan fingerprint density at radius 3 is 2.25 bits per heavy atom. The van der Waals surface area contributed by atoms with Gasteiger partial charge in [-0.05, 0) is 30.4 Å². The van der Waals surface area contributed by atoms with Gasteiger partial charge in [0.05, 0.1) is 6.10 Å². The molecule has 1 rings (SSSR count). The van der Waals surface area contributed by atoms with E-state index in [1.165, 1.54) is 6.07 Å². The van der Waals surface area contributed by atoms with E-state index in [0.717, 1.165) is 6.07 Å². The molecule has 0 spiro atoms. The van der Waals surface area contributed by atoms with Crippen molar-refractivity contribution in [3.8, 4) is 0 Å². The van der Waals surface area contributed by atoms with Crippen molar-refractivity contribution < 1.29 is 18.3 Å². The van der Waals surface area contributed by atoms with Crippen molar-refractivity contribution in [2.45, 2.75) is 38.7 Å². The molecule has 0 saturated heterocycles. The van der Waals surface area contributed by atoms with E-state index < -0.39 is 29.0 Å². The van der Waals surface area contributed by atoms with Crippen molar-refractivity contribution in [1.29, 1.82) is 0 Å². The average Bonchev–Trinajstić information content (AvgIpc) is 2.11. The van der Waals surface area contributed by atoms with E-state index in [0.29, 0.717) is 0 Å². The van der Waals surface area contributed by atoms with Crippen LogP contribution in [0.15, 0.2) is 12.1 Å². The molecular weight excluding hydrogens is 217 g/mol. The zero-order chi connectivity index (χ0) is 12.5. The Hall–Kier alpha value is -1.03. The molecule has 0 fully saturated rings. The molecule has 1 aromatic carbocycles. The molecule has 0 radical (unpaired) electrons. The number of rotatable bonds is 3. The van der Waals surface area contributed by atoms with Gasteiger partial charge in [0, 0.05) is 0 Å². The summed E-state index contributed by atoms with van der Waals surface area (Å²) in [7, 11) is 0. The van der Waals surface area contributed by atoms with Gasteiger partial charge in [-0.25, -0.2) is 13.2 Å². The molecule has 16 heavy (non-hydrogen) atoms. The Morgan fingerprint density at radius 2 is 1.75 bits per heavy atom. The molecule has 0 amide bonds. The van der Waals surface area contributed by atoms with Crippen molar-refractivity contribution in [2.24, 2.45) is 0 Å². The van der Waals surface area contributed by atoms with Crippen LogP contribution in [-0.4, -0.2) is 11.2 Å². The Morgan fingerprint density at radius 1 is 1.19 bits per heavy atom. The zero-order valence-corrected chi connectivity index (χ0v) is 9.52.